The average molecular weight is 210 g/mol. The van der Waals surface area contributed by atoms with Crippen LogP contribution in [0, 0.1) is 0 Å². The van der Waals surface area contributed by atoms with E-state index in [0.29, 0.717) is 6.42 Å². The molecule has 1 rings (SSSR count). The van der Waals surface area contributed by atoms with Gasteiger partial charge in [0.05, 0.1) is 0 Å². The second-order valence-electron chi connectivity index (χ2n) is 2.66. The van der Waals surface area contributed by atoms with E-state index in [1.54, 1.807) is 19.1 Å². The van der Waals surface area contributed by atoms with E-state index < -0.39 is 10.9 Å². The molecule has 74 valence electrons. The van der Waals surface area contributed by atoms with Gasteiger partial charge in [0.25, 0.3) is 5.12 Å². The number of thioether (sulfide) groups is 1. The van der Waals surface area contributed by atoms with Gasteiger partial charge in [0.15, 0.2) is 5.83 Å². The second-order valence-corrected chi connectivity index (χ2v) is 3.71. The maximum absolute atomic E-state index is 13.0. The Balaban J connectivity index is 2.62. The average Bonchev–Trinajstić information content (AvgIpc) is 2.19. The summed E-state index contributed by atoms with van der Waals surface area (Å²) in [5, 5.41) is -0.530. The van der Waals surface area contributed by atoms with Crippen molar-refractivity contribution < 1.29 is 9.18 Å². The SMILES string of the molecule is CC/C=C(\F)C(=O)Sc1ccccc1. The zero-order valence-corrected chi connectivity index (χ0v) is 8.68. The monoisotopic (exact) mass is 210 g/mol. The molecule has 0 bridgehead atoms. The lowest BCUT2D eigenvalue weighted by molar-refractivity contribution is -0.109. The van der Waals surface area contributed by atoms with Gasteiger partial charge in [-0.25, -0.2) is 4.39 Å². The third-order valence-electron chi connectivity index (χ3n) is 1.53. The Morgan fingerprint density at radius 3 is 2.64 bits per heavy atom. The molecule has 0 N–H and O–H groups in total. The third-order valence-corrected chi connectivity index (χ3v) is 2.42. The highest BCUT2D eigenvalue weighted by Crippen LogP contribution is 2.22. The molecule has 0 atom stereocenters. The van der Waals surface area contributed by atoms with Crippen LogP contribution in [0.5, 0.6) is 0 Å². The summed E-state index contributed by atoms with van der Waals surface area (Å²) in [5.74, 6) is -0.665. The summed E-state index contributed by atoms with van der Waals surface area (Å²) in [6.07, 6.45) is 1.82. The minimum absolute atomic E-state index is 0.530. The highest BCUT2D eigenvalue weighted by molar-refractivity contribution is 8.14. The van der Waals surface area contributed by atoms with Gasteiger partial charge < -0.3 is 0 Å². The van der Waals surface area contributed by atoms with Crippen molar-refractivity contribution in [2.75, 3.05) is 0 Å². The Kier molecular flexibility index (Phi) is 4.40. The number of hydrogen-bond donors (Lipinski definition) is 0. The van der Waals surface area contributed by atoms with E-state index in [1.165, 1.54) is 6.08 Å². The molecule has 0 fully saturated rings. The molecule has 1 nitrogen and oxygen atoms in total. The van der Waals surface area contributed by atoms with Crippen LogP contribution in [0.25, 0.3) is 0 Å². The Labute approximate surface area is 87.0 Å². The molecular weight excluding hydrogens is 199 g/mol. The molecule has 0 saturated carbocycles. The molecule has 0 unspecified atom stereocenters. The summed E-state index contributed by atoms with van der Waals surface area (Å²) in [5.41, 5.74) is 0. The standard InChI is InChI=1S/C11H11FOS/c1-2-6-10(12)11(13)14-9-7-4-3-5-8-9/h3-8H,2H2,1H3/b10-6-. The summed E-state index contributed by atoms with van der Waals surface area (Å²) in [4.78, 5) is 12.0. The zero-order valence-electron chi connectivity index (χ0n) is 7.87. The van der Waals surface area contributed by atoms with Crippen LogP contribution in [0.2, 0.25) is 0 Å². The van der Waals surface area contributed by atoms with Gasteiger partial charge in [0.1, 0.15) is 0 Å². The van der Waals surface area contributed by atoms with Crippen LogP contribution in [0.15, 0.2) is 47.1 Å². The molecule has 0 aliphatic carbocycles. The predicted molar refractivity (Wildman–Crippen MR) is 56.8 cm³/mol. The van der Waals surface area contributed by atoms with Crippen LogP contribution < -0.4 is 0 Å². The quantitative estimate of drug-likeness (QED) is 0.560. The molecule has 0 saturated heterocycles. The van der Waals surface area contributed by atoms with Gasteiger partial charge in [-0.2, -0.15) is 0 Å². The summed E-state index contributed by atoms with van der Waals surface area (Å²) < 4.78 is 13.0. The third kappa shape index (κ3) is 3.34. The molecule has 14 heavy (non-hydrogen) atoms. The van der Waals surface area contributed by atoms with Gasteiger partial charge in [-0.15, -0.1) is 0 Å². The highest BCUT2D eigenvalue weighted by Gasteiger charge is 2.09. The maximum Gasteiger partial charge on any atom is 0.252 e. The number of carbonyl (C=O) groups is 1. The zero-order chi connectivity index (χ0) is 10.4. The van der Waals surface area contributed by atoms with E-state index in [2.05, 4.69) is 0 Å². The molecule has 0 heterocycles. The minimum atomic E-state index is -0.665. The molecule has 0 amide bonds. The normalized spacial score (nSPS) is 11.4. The van der Waals surface area contributed by atoms with Crippen LogP contribution in [0.4, 0.5) is 4.39 Å². The Morgan fingerprint density at radius 2 is 2.07 bits per heavy atom. The fraction of sp³-hybridized carbons (Fsp3) is 0.182. The Morgan fingerprint density at radius 1 is 1.43 bits per heavy atom. The smallest absolute Gasteiger partial charge is 0.252 e. The molecule has 1 aromatic rings. The van der Waals surface area contributed by atoms with E-state index in [9.17, 15) is 9.18 Å². The molecule has 0 aromatic heterocycles. The maximum atomic E-state index is 13.0. The van der Waals surface area contributed by atoms with Crippen molar-refractivity contribution in [2.45, 2.75) is 18.2 Å². The number of carbonyl (C=O) groups excluding carboxylic acids is 1. The van der Waals surface area contributed by atoms with Crippen molar-refractivity contribution in [3.05, 3.63) is 42.2 Å². The molecule has 0 radical (unpaired) electrons. The number of hydrogen-bond acceptors (Lipinski definition) is 2. The van der Waals surface area contributed by atoms with Gasteiger partial charge in [-0.3, -0.25) is 4.79 Å². The van der Waals surface area contributed by atoms with Crippen LogP contribution in [0.3, 0.4) is 0 Å². The molecule has 0 aliphatic heterocycles. The lowest BCUT2D eigenvalue weighted by atomic mass is 10.4. The van der Waals surface area contributed by atoms with Gasteiger partial charge >= 0.3 is 0 Å². The first-order chi connectivity index (χ1) is 6.74. The van der Waals surface area contributed by atoms with Gasteiger partial charge in [-0.05, 0) is 36.4 Å². The van der Waals surface area contributed by atoms with Crippen LogP contribution >= 0.6 is 11.8 Å². The molecule has 3 heteroatoms. The molecular formula is C11H11FOS. The minimum Gasteiger partial charge on any atom is -0.279 e. The van der Waals surface area contributed by atoms with Crippen molar-refractivity contribution in [3.8, 4) is 0 Å². The van der Waals surface area contributed by atoms with Crippen LogP contribution in [0.1, 0.15) is 13.3 Å². The molecule has 0 spiro atoms. The Hall–Kier alpha value is -1.09. The lowest BCUT2D eigenvalue weighted by Gasteiger charge is -1.97. The first-order valence-corrected chi connectivity index (χ1v) is 5.18. The van der Waals surface area contributed by atoms with E-state index in [1.807, 2.05) is 18.2 Å². The van der Waals surface area contributed by atoms with Crippen LogP contribution in [-0.4, -0.2) is 5.12 Å². The second kappa shape index (κ2) is 5.60. The van der Waals surface area contributed by atoms with Crippen molar-refractivity contribution in [1.82, 2.24) is 0 Å². The van der Waals surface area contributed by atoms with Crippen LogP contribution in [-0.2, 0) is 4.79 Å². The number of rotatable bonds is 3. The van der Waals surface area contributed by atoms with Crippen molar-refractivity contribution in [2.24, 2.45) is 0 Å². The number of allylic oxidation sites excluding steroid dienone is 1. The fourth-order valence-electron chi connectivity index (χ4n) is 0.907. The predicted octanol–water partition coefficient (Wildman–Crippen LogP) is 3.57. The highest BCUT2D eigenvalue weighted by atomic mass is 32.2. The van der Waals surface area contributed by atoms with Gasteiger partial charge in [0.2, 0.25) is 0 Å². The molecule has 1 aromatic carbocycles. The van der Waals surface area contributed by atoms with E-state index >= 15 is 0 Å². The molecule has 0 aliphatic rings. The van der Waals surface area contributed by atoms with Gasteiger partial charge in [-0.1, -0.05) is 25.1 Å². The first-order valence-electron chi connectivity index (χ1n) is 4.37. The Bertz CT molecular complexity index is 332. The number of benzene rings is 1. The lowest BCUT2D eigenvalue weighted by Crippen LogP contribution is -1.91. The van der Waals surface area contributed by atoms with E-state index in [-0.39, 0.29) is 0 Å². The van der Waals surface area contributed by atoms with Crippen molar-refractivity contribution >= 4 is 16.9 Å². The largest absolute Gasteiger partial charge is 0.279 e. The summed E-state index contributed by atoms with van der Waals surface area (Å²) >= 11 is 0.909. The summed E-state index contributed by atoms with van der Waals surface area (Å²) in [6, 6.07) is 9.05. The van der Waals surface area contributed by atoms with Crippen molar-refractivity contribution in [3.63, 3.8) is 0 Å². The van der Waals surface area contributed by atoms with E-state index in [4.69, 9.17) is 0 Å². The summed E-state index contributed by atoms with van der Waals surface area (Å²) in [6.45, 7) is 1.79. The van der Waals surface area contributed by atoms with Gasteiger partial charge in [0, 0.05) is 4.90 Å². The first kappa shape index (κ1) is 11.0. The van der Waals surface area contributed by atoms with Crippen molar-refractivity contribution in [1.29, 1.82) is 0 Å². The van der Waals surface area contributed by atoms with E-state index in [0.717, 1.165) is 16.7 Å². The fourth-order valence-corrected chi connectivity index (χ4v) is 1.60. The summed E-state index contributed by atoms with van der Waals surface area (Å²) in [7, 11) is 0. The topological polar surface area (TPSA) is 17.1 Å². The number of halogens is 1.